The molecule has 7 atom stereocenters. The van der Waals surface area contributed by atoms with Crippen molar-refractivity contribution in [3.63, 3.8) is 0 Å². The van der Waals surface area contributed by atoms with Crippen LogP contribution in [0.5, 0.6) is 0 Å². The summed E-state index contributed by atoms with van der Waals surface area (Å²) in [5.74, 6) is 0.147. The Labute approximate surface area is 189 Å². The summed E-state index contributed by atoms with van der Waals surface area (Å²) in [7, 11) is 0. The number of rotatable bonds is 3. The molecule has 170 valence electrons. The van der Waals surface area contributed by atoms with Crippen LogP contribution in [0.3, 0.4) is 0 Å². The molecule has 0 spiro atoms. The number of ether oxygens (including phenoxy) is 2. The van der Waals surface area contributed by atoms with Gasteiger partial charge in [0.25, 0.3) is 0 Å². The summed E-state index contributed by atoms with van der Waals surface area (Å²) in [6.07, 6.45) is 8.89. The molecule has 0 aromatic rings. The van der Waals surface area contributed by atoms with E-state index in [4.69, 9.17) is 21.1 Å². The van der Waals surface area contributed by atoms with Gasteiger partial charge in [-0.05, 0) is 80.3 Å². The first kappa shape index (κ1) is 22.6. The van der Waals surface area contributed by atoms with Crippen LogP contribution in [0.2, 0.25) is 0 Å². The second-order valence-electron chi connectivity index (χ2n) is 10.5. The van der Waals surface area contributed by atoms with Gasteiger partial charge in [-0.1, -0.05) is 31.5 Å². The lowest BCUT2D eigenvalue weighted by atomic mass is 9.48. The summed E-state index contributed by atoms with van der Waals surface area (Å²) >= 11 is 6.86. The molecule has 4 aliphatic carbocycles. The number of carbonyl (C=O) groups is 3. The van der Waals surface area contributed by atoms with Crippen LogP contribution in [-0.2, 0) is 23.9 Å². The Kier molecular flexibility index (Phi) is 5.44. The molecule has 6 heteroatoms. The molecule has 0 aliphatic heterocycles. The van der Waals surface area contributed by atoms with Gasteiger partial charge in [-0.25, -0.2) is 0 Å². The van der Waals surface area contributed by atoms with E-state index in [-0.39, 0.29) is 35.1 Å². The molecule has 0 bridgehead atoms. The summed E-state index contributed by atoms with van der Waals surface area (Å²) in [5, 5.41) is 0.734. The maximum atomic E-state index is 12.8. The minimum atomic E-state index is -1.04. The lowest BCUT2D eigenvalue weighted by Crippen LogP contribution is -2.58. The van der Waals surface area contributed by atoms with Gasteiger partial charge >= 0.3 is 11.9 Å². The molecule has 7 unspecified atom stereocenters. The molecule has 2 saturated carbocycles. The molecule has 2 fully saturated rings. The van der Waals surface area contributed by atoms with E-state index in [9.17, 15) is 14.4 Å². The molecule has 4 aliphatic rings. The first-order chi connectivity index (χ1) is 14.4. The van der Waals surface area contributed by atoms with Crippen LogP contribution >= 0.6 is 11.6 Å². The minimum absolute atomic E-state index is 0.0503. The highest BCUT2D eigenvalue weighted by atomic mass is 35.5. The zero-order valence-corrected chi connectivity index (χ0v) is 19.9. The Hall–Kier alpha value is -1.62. The number of hydrogen-bond donors (Lipinski definition) is 0. The van der Waals surface area contributed by atoms with Crippen molar-refractivity contribution >= 4 is 29.3 Å². The molecule has 4 rings (SSSR count). The number of Topliss-reactive ketones (excluding diaryl/α,β-unsaturated/α-hetero) is 1. The third kappa shape index (κ3) is 3.21. The van der Waals surface area contributed by atoms with Gasteiger partial charge in [0.15, 0.2) is 11.4 Å². The number of halogens is 1. The van der Waals surface area contributed by atoms with E-state index in [0.29, 0.717) is 12.3 Å². The predicted octanol–water partition coefficient (Wildman–Crippen LogP) is 5.11. The van der Waals surface area contributed by atoms with Gasteiger partial charge in [0.05, 0.1) is 0 Å². The van der Waals surface area contributed by atoms with Crippen LogP contribution < -0.4 is 0 Å². The maximum absolute atomic E-state index is 12.8. The minimum Gasteiger partial charge on any atom is -0.458 e. The molecule has 0 aromatic carbocycles. The van der Waals surface area contributed by atoms with Crippen molar-refractivity contribution in [2.24, 2.45) is 28.6 Å². The van der Waals surface area contributed by atoms with E-state index in [1.807, 2.05) is 6.08 Å². The molecular weight excluding hydrogens is 416 g/mol. The second-order valence-corrected chi connectivity index (χ2v) is 10.9. The number of carbonyl (C=O) groups excluding carboxylic acids is 3. The first-order valence-electron chi connectivity index (χ1n) is 11.4. The summed E-state index contributed by atoms with van der Waals surface area (Å²) < 4.78 is 11.3. The van der Waals surface area contributed by atoms with Crippen molar-refractivity contribution in [1.82, 2.24) is 0 Å². The summed E-state index contributed by atoms with van der Waals surface area (Å²) in [5.41, 5.74) is -0.436. The van der Waals surface area contributed by atoms with E-state index >= 15 is 0 Å². The van der Waals surface area contributed by atoms with E-state index in [0.717, 1.165) is 42.7 Å². The number of allylic oxidation sites excluding steroid dienone is 3. The van der Waals surface area contributed by atoms with Crippen LogP contribution in [0.25, 0.3) is 0 Å². The zero-order chi connectivity index (χ0) is 22.8. The second kappa shape index (κ2) is 7.47. The normalized spacial score (nSPS) is 43.5. The van der Waals surface area contributed by atoms with Gasteiger partial charge in [0.2, 0.25) is 0 Å². The molecule has 0 N–H and O–H groups in total. The monoisotopic (exact) mass is 448 g/mol. The third-order valence-electron chi connectivity index (χ3n) is 8.99. The van der Waals surface area contributed by atoms with Crippen molar-refractivity contribution in [2.45, 2.75) is 84.8 Å². The third-order valence-corrected chi connectivity index (χ3v) is 9.32. The molecule has 0 aromatic heterocycles. The average Bonchev–Trinajstić information content (AvgIpc) is 2.96. The first-order valence-corrected chi connectivity index (χ1v) is 11.8. The fourth-order valence-corrected chi connectivity index (χ4v) is 8.00. The Balaban J connectivity index is 1.73. The highest BCUT2D eigenvalue weighted by Crippen LogP contribution is 2.68. The highest BCUT2D eigenvalue weighted by Gasteiger charge is 2.67. The quantitative estimate of drug-likeness (QED) is 0.561. The van der Waals surface area contributed by atoms with E-state index in [1.54, 1.807) is 6.92 Å². The van der Waals surface area contributed by atoms with Crippen LogP contribution in [0.15, 0.2) is 22.8 Å². The van der Waals surface area contributed by atoms with Crippen molar-refractivity contribution in [1.29, 1.82) is 0 Å². The topological polar surface area (TPSA) is 69.7 Å². The Morgan fingerprint density at radius 2 is 1.61 bits per heavy atom. The fraction of sp³-hybridized carbons (Fsp3) is 0.720. The summed E-state index contributed by atoms with van der Waals surface area (Å²) in [6.45, 7) is 8.82. The van der Waals surface area contributed by atoms with E-state index in [2.05, 4.69) is 19.9 Å². The molecule has 5 nitrogen and oxygen atoms in total. The summed E-state index contributed by atoms with van der Waals surface area (Å²) in [6, 6.07) is 0. The standard InChI is InChI=1S/C25H33ClO5/c1-14(27)25(31-16(3)29)11-8-20-18-13-22(26)21-12-17(30-15(2)28)6-9-23(21,4)19(18)7-10-24(20,25)5/h12-13,17-20H,6-11H2,1-5H3. The average molecular weight is 449 g/mol. The molecule has 0 radical (unpaired) electrons. The van der Waals surface area contributed by atoms with Crippen molar-refractivity contribution in [2.75, 3.05) is 0 Å². The van der Waals surface area contributed by atoms with Gasteiger partial charge in [0.1, 0.15) is 6.10 Å². The van der Waals surface area contributed by atoms with Crippen LogP contribution in [0, 0.1) is 28.6 Å². The number of esters is 2. The van der Waals surface area contributed by atoms with Crippen molar-refractivity contribution in [3.05, 3.63) is 22.8 Å². The molecule has 0 amide bonds. The van der Waals surface area contributed by atoms with E-state index in [1.165, 1.54) is 13.8 Å². The van der Waals surface area contributed by atoms with Gasteiger partial charge < -0.3 is 9.47 Å². The predicted molar refractivity (Wildman–Crippen MR) is 117 cm³/mol. The van der Waals surface area contributed by atoms with Crippen molar-refractivity contribution in [3.8, 4) is 0 Å². The van der Waals surface area contributed by atoms with Gasteiger partial charge in [-0.2, -0.15) is 0 Å². The highest BCUT2D eigenvalue weighted by molar-refractivity contribution is 6.32. The van der Waals surface area contributed by atoms with Gasteiger partial charge in [-0.3, -0.25) is 14.4 Å². The Morgan fingerprint density at radius 1 is 0.935 bits per heavy atom. The Morgan fingerprint density at radius 3 is 2.23 bits per heavy atom. The number of hydrogen-bond acceptors (Lipinski definition) is 5. The number of ketones is 1. The van der Waals surface area contributed by atoms with Crippen molar-refractivity contribution < 1.29 is 23.9 Å². The fourth-order valence-electron chi connectivity index (χ4n) is 7.57. The molecule has 31 heavy (non-hydrogen) atoms. The van der Waals surface area contributed by atoms with Crippen LogP contribution in [0.1, 0.15) is 73.1 Å². The Bertz CT molecular complexity index is 890. The van der Waals surface area contributed by atoms with Gasteiger partial charge in [0, 0.05) is 24.3 Å². The van der Waals surface area contributed by atoms with Crippen LogP contribution in [-0.4, -0.2) is 29.4 Å². The SMILES string of the molecule is CC(=O)OC1C=C2C(Cl)=CC3C(CCC4(C)C3CCC4(OC(C)=O)C(C)=O)C2(C)CC1. The maximum Gasteiger partial charge on any atom is 0.303 e. The largest absolute Gasteiger partial charge is 0.458 e. The van der Waals surface area contributed by atoms with Crippen LogP contribution in [0.4, 0.5) is 0 Å². The van der Waals surface area contributed by atoms with Gasteiger partial charge in [-0.15, -0.1) is 0 Å². The lowest BCUT2D eigenvalue weighted by Gasteiger charge is -2.58. The smallest absolute Gasteiger partial charge is 0.303 e. The van der Waals surface area contributed by atoms with E-state index < -0.39 is 17.0 Å². The molecular formula is C25H33ClO5. The molecule has 0 heterocycles. The number of fused-ring (bicyclic) bond motifs is 5. The summed E-state index contributed by atoms with van der Waals surface area (Å²) in [4.78, 5) is 36.2. The zero-order valence-electron chi connectivity index (χ0n) is 19.1. The lowest BCUT2D eigenvalue weighted by molar-refractivity contribution is -0.185. The molecule has 0 saturated heterocycles.